The molecule has 174 valence electrons. The fourth-order valence-corrected chi connectivity index (χ4v) is 4.35. The van der Waals surface area contributed by atoms with Gasteiger partial charge < -0.3 is 24.4 Å². The molecule has 8 nitrogen and oxygen atoms in total. The van der Waals surface area contributed by atoms with Gasteiger partial charge in [0.2, 0.25) is 0 Å². The van der Waals surface area contributed by atoms with Crippen molar-refractivity contribution in [3.63, 3.8) is 0 Å². The molecule has 1 aromatic carbocycles. The van der Waals surface area contributed by atoms with Gasteiger partial charge in [0, 0.05) is 44.6 Å². The molecule has 0 saturated carbocycles. The van der Waals surface area contributed by atoms with Gasteiger partial charge in [-0.2, -0.15) is 0 Å². The predicted octanol–water partition coefficient (Wildman–Crippen LogP) is 3.37. The number of aromatic nitrogens is 3. The van der Waals surface area contributed by atoms with E-state index in [0.29, 0.717) is 17.9 Å². The molecule has 0 bridgehead atoms. The number of rotatable bonds is 6. The maximum atomic E-state index is 13.1. The number of piperazine rings is 1. The molecule has 1 N–H and O–H groups in total. The molecule has 0 aliphatic carbocycles. The quantitative estimate of drug-likeness (QED) is 0.481. The highest BCUT2D eigenvalue weighted by molar-refractivity contribution is 6.04. The molecule has 1 fully saturated rings. The number of carbonyl (C=O) groups is 1. The lowest BCUT2D eigenvalue weighted by molar-refractivity contribution is 0.102. The average molecular weight is 456 g/mol. The first-order chi connectivity index (χ1) is 16.6. The fourth-order valence-electron chi connectivity index (χ4n) is 4.35. The number of pyridine rings is 2. The minimum Gasteiger partial charge on any atom is -0.368 e. The topological polar surface area (TPSA) is 69.0 Å². The number of benzene rings is 1. The summed E-state index contributed by atoms with van der Waals surface area (Å²) >= 11 is 0. The number of fused-ring (bicyclic) bond motifs is 1. The highest BCUT2D eigenvalue weighted by Crippen LogP contribution is 2.21. The number of nitrogens with zero attached hydrogens (tertiary/aromatic N) is 6. The summed E-state index contributed by atoms with van der Waals surface area (Å²) in [5, 5.41) is 2.97. The van der Waals surface area contributed by atoms with Gasteiger partial charge in [0.1, 0.15) is 11.5 Å². The van der Waals surface area contributed by atoms with Crippen LogP contribution in [0.5, 0.6) is 0 Å². The lowest BCUT2D eigenvalue weighted by Gasteiger charge is -2.36. The molecular formula is C26H29N7O. The first-order valence-electron chi connectivity index (χ1n) is 11.5. The zero-order valence-electron chi connectivity index (χ0n) is 19.6. The molecule has 1 aliphatic rings. The molecule has 5 rings (SSSR count). The molecule has 4 heterocycles. The number of hydrogen-bond donors (Lipinski definition) is 1. The number of imidazole rings is 1. The second kappa shape index (κ2) is 9.52. The van der Waals surface area contributed by atoms with E-state index in [4.69, 9.17) is 0 Å². The minimum atomic E-state index is -0.230. The van der Waals surface area contributed by atoms with Crippen LogP contribution in [0.25, 0.3) is 5.65 Å². The maximum Gasteiger partial charge on any atom is 0.276 e. The van der Waals surface area contributed by atoms with E-state index in [0.717, 1.165) is 43.3 Å². The number of carbonyl (C=O) groups excluding carboxylic acids is 1. The Morgan fingerprint density at radius 3 is 2.38 bits per heavy atom. The van der Waals surface area contributed by atoms with Crippen molar-refractivity contribution in [2.75, 3.05) is 55.4 Å². The molecule has 1 amide bonds. The van der Waals surface area contributed by atoms with Gasteiger partial charge in [0.25, 0.3) is 5.91 Å². The molecule has 8 heteroatoms. The fraction of sp³-hybridized carbons (Fsp3) is 0.269. The van der Waals surface area contributed by atoms with Crippen LogP contribution in [0, 0.1) is 0 Å². The standard InChI is InChI=1S/C26H29N7O/c1-30(2)19-22-25(29-24-10-6-7-13-33(22)24)26(34)28-20-11-12-23(27-18-20)32-16-14-31(15-17-32)21-8-4-3-5-9-21/h3-13,18H,14-17,19H2,1-2H3,(H,28,34). The van der Waals surface area contributed by atoms with Crippen LogP contribution in [-0.4, -0.2) is 65.5 Å². The van der Waals surface area contributed by atoms with E-state index in [1.807, 2.05) is 66.0 Å². The van der Waals surface area contributed by atoms with Crippen molar-refractivity contribution < 1.29 is 4.79 Å². The average Bonchev–Trinajstić information content (AvgIpc) is 3.23. The Bertz CT molecular complexity index is 1260. The van der Waals surface area contributed by atoms with Gasteiger partial charge in [-0.3, -0.25) is 4.79 Å². The smallest absolute Gasteiger partial charge is 0.276 e. The van der Waals surface area contributed by atoms with Crippen molar-refractivity contribution in [3.8, 4) is 0 Å². The van der Waals surface area contributed by atoms with Crippen LogP contribution in [0.2, 0.25) is 0 Å². The Kier molecular flexibility index (Phi) is 6.14. The van der Waals surface area contributed by atoms with Crippen LogP contribution in [-0.2, 0) is 6.54 Å². The predicted molar refractivity (Wildman–Crippen MR) is 136 cm³/mol. The van der Waals surface area contributed by atoms with Gasteiger partial charge in [-0.1, -0.05) is 24.3 Å². The summed E-state index contributed by atoms with van der Waals surface area (Å²) in [5.41, 5.74) is 3.96. The molecule has 0 spiro atoms. The third-order valence-corrected chi connectivity index (χ3v) is 6.04. The van der Waals surface area contributed by atoms with Crippen LogP contribution < -0.4 is 15.1 Å². The summed E-state index contributed by atoms with van der Waals surface area (Å²) in [4.78, 5) is 29.0. The van der Waals surface area contributed by atoms with Crippen molar-refractivity contribution in [2.24, 2.45) is 0 Å². The van der Waals surface area contributed by atoms with E-state index in [2.05, 4.69) is 49.4 Å². The van der Waals surface area contributed by atoms with Crippen LogP contribution in [0.15, 0.2) is 73.1 Å². The van der Waals surface area contributed by atoms with Gasteiger partial charge in [-0.25, -0.2) is 9.97 Å². The number of anilines is 3. The highest BCUT2D eigenvalue weighted by Gasteiger charge is 2.21. The zero-order valence-corrected chi connectivity index (χ0v) is 19.6. The largest absolute Gasteiger partial charge is 0.368 e. The second-order valence-electron chi connectivity index (χ2n) is 8.74. The van der Waals surface area contributed by atoms with E-state index in [1.165, 1.54) is 5.69 Å². The van der Waals surface area contributed by atoms with Crippen LogP contribution in [0.4, 0.5) is 17.2 Å². The van der Waals surface area contributed by atoms with Crippen molar-refractivity contribution in [1.82, 2.24) is 19.3 Å². The molecule has 0 unspecified atom stereocenters. The van der Waals surface area contributed by atoms with Crippen molar-refractivity contribution in [3.05, 3.63) is 84.4 Å². The summed E-state index contributed by atoms with van der Waals surface area (Å²) in [7, 11) is 3.96. The Morgan fingerprint density at radius 2 is 1.68 bits per heavy atom. The summed E-state index contributed by atoms with van der Waals surface area (Å²) in [6.07, 6.45) is 3.66. The van der Waals surface area contributed by atoms with E-state index >= 15 is 0 Å². The van der Waals surface area contributed by atoms with E-state index in [1.54, 1.807) is 6.20 Å². The Hall–Kier alpha value is -3.91. The molecular weight excluding hydrogens is 426 g/mol. The normalized spacial score (nSPS) is 14.1. The van der Waals surface area contributed by atoms with Gasteiger partial charge in [-0.05, 0) is 50.5 Å². The highest BCUT2D eigenvalue weighted by atomic mass is 16.1. The maximum absolute atomic E-state index is 13.1. The van der Waals surface area contributed by atoms with Gasteiger partial charge in [-0.15, -0.1) is 0 Å². The molecule has 3 aromatic heterocycles. The number of amides is 1. The molecule has 0 radical (unpaired) electrons. The van der Waals surface area contributed by atoms with E-state index in [-0.39, 0.29) is 5.91 Å². The number of nitrogens with one attached hydrogen (secondary N) is 1. The van der Waals surface area contributed by atoms with Crippen LogP contribution in [0.1, 0.15) is 16.2 Å². The molecule has 1 saturated heterocycles. The number of hydrogen-bond acceptors (Lipinski definition) is 6. The minimum absolute atomic E-state index is 0.230. The monoisotopic (exact) mass is 455 g/mol. The Morgan fingerprint density at radius 1 is 0.941 bits per heavy atom. The lowest BCUT2D eigenvalue weighted by atomic mass is 10.2. The summed E-state index contributed by atoms with van der Waals surface area (Å²) in [6, 6.07) is 20.1. The summed E-state index contributed by atoms with van der Waals surface area (Å²) in [5.74, 6) is 0.693. The van der Waals surface area contributed by atoms with Gasteiger partial charge in [0.15, 0.2) is 5.69 Å². The van der Waals surface area contributed by atoms with E-state index < -0.39 is 0 Å². The van der Waals surface area contributed by atoms with Crippen LogP contribution >= 0.6 is 0 Å². The van der Waals surface area contributed by atoms with Crippen molar-refractivity contribution in [2.45, 2.75) is 6.54 Å². The lowest BCUT2D eigenvalue weighted by Crippen LogP contribution is -2.46. The third-order valence-electron chi connectivity index (χ3n) is 6.04. The Balaban J connectivity index is 1.26. The van der Waals surface area contributed by atoms with Crippen molar-refractivity contribution >= 4 is 28.7 Å². The SMILES string of the molecule is CN(C)Cc1c(C(=O)Nc2ccc(N3CCN(c4ccccc4)CC3)nc2)nc2ccccn12. The zero-order chi connectivity index (χ0) is 23.5. The molecule has 0 atom stereocenters. The summed E-state index contributed by atoms with van der Waals surface area (Å²) in [6.45, 7) is 4.32. The van der Waals surface area contributed by atoms with Crippen LogP contribution in [0.3, 0.4) is 0 Å². The number of para-hydroxylation sites is 1. The van der Waals surface area contributed by atoms with Gasteiger partial charge >= 0.3 is 0 Å². The second-order valence-corrected chi connectivity index (χ2v) is 8.74. The van der Waals surface area contributed by atoms with E-state index in [9.17, 15) is 4.79 Å². The molecule has 34 heavy (non-hydrogen) atoms. The molecule has 1 aliphatic heterocycles. The Labute approximate surface area is 199 Å². The van der Waals surface area contributed by atoms with Gasteiger partial charge in [0.05, 0.1) is 17.6 Å². The third kappa shape index (κ3) is 4.58. The molecule has 4 aromatic rings. The first kappa shape index (κ1) is 21.9. The van der Waals surface area contributed by atoms with Crippen molar-refractivity contribution in [1.29, 1.82) is 0 Å². The summed E-state index contributed by atoms with van der Waals surface area (Å²) < 4.78 is 1.96. The first-order valence-corrected chi connectivity index (χ1v) is 11.5.